The van der Waals surface area contributed by atoms with Gasteiger partial charge >= 0.3 is 0 Å². The Labute approximate surface area is 86.1 Å². The van der Waals surface area contributed by atoms with Crippen molar-refractivity contribution in [2.45, 2.75) is 6.92 Å². The van der Waals surface area contributed by atoms with Crippen LogP contribution in [0.2, 0.25) is 0 Å². The van der Waals surface area contributed by atoms with Gasteiger partial charge in [0.15, 0.2) is 0 Å². The third-order valence-electron chi connectivity index (χ3n) is 1.03. The number of nitrogens with two attached hydrogens (primary N) is 1. The van der Waals surface area contributed by atoms with Crippen LogP contribution in [0.25, 0.3) is 0 Å². The van der Waals surface area contributed by atoms with Gasteiger partial charge in [0.25, 0.3) is 0 Å². The van der Waals surface area contributed by atoms with E-state index in [9.17, 15) is 0 Å². The van der Waals surface area contributed by atoms with Crippen LogP contribution in [0.5, 0.6) is 0 Å². The predicted molar refractivity (Wildman–Crippen MR) is 56.6 cm³/mol. The van der Waals surface area contributed by atoms with E-state index < -0.39 is 0 Å². The van der Waals surface area contributed by atoms with Gasteiger partial charge < -0.3 is 5.73 Å². The molecule has 0 aliphatic heterocycles. The Bertz CT molecular complexity index is 211. The lowest BCUT2D eigenvalue weighted by molar-refractivity contribution is 1.07. The number of aryl methyl sites for hydroxylation is 1. The van der Waals surface area contributed by atoms with Crippen LogP contribution in [0.3, 0.4) is 0 Å². The molecule has 1 aromatic heterocycles. The summed E-state index contributed by atoms with van der Waals surface area (Å²) in [5.41, 5.74) is 6.30. The number of rotatable bonds is 0. The van der Waals surface area contributed by atoms with Gasteiger partial charge in [-0.05, 0) is 52.1 Å². The second kappa shape index (κ2) is 3.16. The topological polar surface area (TPSA) is 51.8 Å². The minimum Gasteiger partial charge on any atom is -0.382 e. The maximum absolute atomic E-state index is 5.51. The Morgan fingerprint density at radius 1 is 1.20 bits per heavy atom. The molecule has 0 fully saturated rings. The molecule has 0 spiro atoms. The summed E-state index contributed by atoms with van der Waals surface area (Å²) in [5.74, 6) is 0.518. The molecule has 0 aromatic carbocycles. The minimum atomic E-state index is 0.518. The van der Waals surface area contributed by atoms with Gasteiger partial charge in [-0.2, -0.15) is 0 Å². The van der Waals surface area contributed by atoms with E-state index in [4.69, 9.17) is 5.73 Å². The molecule has 2 N–H and O–H groups in total. The molecule has 5 heteroatoms. The highest BCUT2D eigenvalue weighted by atomic mass is 127. The highest BCUT2D eigenvalue weighted by Crippen LogP contribution is 2.13. The van der Waals surface area contributed by atoms with Crippen molar-refractivity contribution in [3.8, 4) is 0 Å². The standard InChI is InChI=1S/C5H5I2N3/c1-2-5(8)10-4(7)3(6)9-2/h1H3,(H2,8,10). The predicted octanol–water partition coefficient (Wildman–Crippen LogP) is 1.58. The molecule has 1 heterocycles. The Balaban J connectivity index is 3.28. The van der Waals surface area contributed by atoms with Gasteiger partial charge in [-0.1, -0.05) is 0 Å². The molecular weight excluding hydrogens is 356 g/mol. The fraction of sp³-hybridized carbons (Fsp3) is 0.200. The summed E-state index contributed by atoms with van der Waals surface area (Å²) >= 11 is 4.24. The first-order chi connectivity index (χ1) is 4.61. The quantitative estimate of drug-likeness (QED) is 0.715. The highest BCUT2D eigenvalue weighted by molar-refractivity contribution is 14.1. The first-order valence-electron chi connectivity index (χ1n) is 2.56. The summed E-state index contributed by atoms with van der Waals surface area (Å²) in [4.78, 5) is 8.23. The number of halogens is 2. The van der Waals surface area contributed by atoms with Crippen LogP contribution in [-0.2, 0) is 0 Å². The van der Waals surface area contributed by atoms with Crippen molar-refractivity contribution in [2.75, 3.05) is 5.73 Å². The fourth-order valence-corrected chi connectivity index (χ4v) is 1.35. The van der Waals surface area contributed by atoms with Crippen molar-refractivity contribution in [1.82, 2.24) is 9.97 Å². The van der Waals surface area contributed by atoms with Crippen LogP contribution in [0.1, 0.15) is 5.69 Å². The molecule has 0 amide bonds. The van der Waals surface area contributed by atoms with Crippen molar-refractivity contribution >= 4 is 51.0 Å². The van der Waals surface area contributed by atoms with Gasteiger partial charge in [0.05, 0.1) is 5.69 Å². The first kappa shape index (κ1) is 8.44. The zero-order valence-electron chi connectivity index (χ0n) is 5.23. The van der Waals surface area contributed by atoms with Crippen LogP contribution in [-0.4, -0.2) is 9.97 Å². The molecule has 0 unspecified atom stereocenters. The summed E-state index contributed by atoms with van der Waals surface area (Å²) < 4.78 is 1.77. The van der Waals surface area contributed by atoms with Gasteiger partial charge in [0, 0.05) is 0 Å². The molecule has 0 atom stereocenters. The highest BCUT2D eigenvalue weighted by Gasteiger charge is 2.02. The van der Waals surface area contributed by atoms with Crippen LogP contribution >= 0.6 is 45.2 Å². The van der Waals surface area contributed by atoms with E-state index >= 15 is 0 Å². The third-order valence-corrected chi connectivity index (χ3v) is 3.56. The Morgan fingerprint density at radius 3 is 2.20 bits per heavy atom. The van der Waals surface area contributed by atoms with Crippen LogP contribution < -0.4 is 5.73 Å². The van der Waals surface area contributed by atoms with Gasteiger partial charge in [-0.3, -0.25) is 0 Å². The molecule has 0 radical (unpaired) electrons. The van der Waals surface area contributed by atoms with Crippen molar-refractivity contribution in [3.63, 3.8) is 0 Å². The van der Waals surface area contributed by atoms with E-state index in [1.807, 2.05) is 6.92 Å². The van der Waals surface area contributed by atoms with Crippen molar-refractivity contribution in [3.05, 3.63) is 13.1 Å². The normalized spacial score (nSPS) is 9.90. The third kappa shape index (κ3) is 1.68. The smallest absolute Gasteiger partial charge is 0.146 e. The molecule has 1 rings (SSSR count). The molecule has 0 saturated heterocycles. The molecule has 0 aliphatic rings. The maximum atomic E-state index is 5.51. The number of anilines is 1. The summed E-state index contributed by atoms with van der Waals surface area (Å²) in [6.07, 6.45) is 0. The largest absolute Gasteiger partial charge is 0.382 e. The fourth-order valence-electron chi connectivity index (χ4n) is 0.483. The second-order valence-electron chi connectivity index (χ2n) is 1.78. The Kier molecular flexibility index (Phi) is 2.67. The molecule has 0 aliphatic carbocycles. The summed E-state index contributed by atoms with van der Waals surface area (Å²) in [5, 5.41) is 0. The van der Waals surface area contributed by atoms with E-state index in [1.165, 1.54) is 0 Å². The van der Waals surface area contributed by atoms with Crippen molar-refractivity contribution in [1.29, 1.82) is 0 Å². The SMILES string of the molecule is Cc1nc(I)c(I)nc1N. The zero-order valence-corrected chi connectivity index (χ0v) is 9.54. The summed E-state index contributed by atoms with van der Waals surface area (Å²) in [6, 6.07) is 0. The lowest BCUT2D eigenvalue weighted by atomic mass is 10.5. The molecule has 54 valence electrons. The van der Waals surface area contributed by atoms with E-state index in [0.29, 0.717) is 5.82 Å². The summed E-state index contributed by atoms with van der Waals surface area (Å²) in [6.45, 7) is 1.85. The number of hydrogen-bond acceptors (Lipinski definition) is 3. The van der Waals surface area contributed by atoms with E-state index in [0.717, 1.165) is 13.1 Å². The van der Waals surface area contributed by atoms with Crippen molar-refractivity contribution in [2.24, 2.45) is 0 Å². The monoisotopic (exact) mass is 361 g/mol. The minimum absolute atomic E-state index is 0.518. The average Bonchev–Trinajstić information content (AvgIpc) is 1.84. The van der Waals surface area contributed by atoms with Gasteiger partial charge in [0.1, 0.15) is 13.2 Å². The first-order valence-corrected chi connectivity index (χ1v) is 4.72. The molecular formula is C5H5I2N3. The van der Waals surface area contributed by atoms with E-state index in [-0.39, 0.29) is 0 Å². The Morgan fingerprint density at radius 2 is 1.70 bits per heavy atom. The molecule has 0 bridgehead atoms. The van der Waals surface area contributed by atoms with Gasteiger partial charge in [-0.15, -0.1) is 0 Å². The maximum Gasteiger partial charge on any atom is 0.146 e. The van der Waals surface area contributed by atoms with Gasteiger partial charge in [0.2, 0.25) is 0 Å². The van der Waals surface area contributed by atoms with E-state index in [2.05, 4.69) is 55.1 Å². The molecule has 1 aromatic rings. The van der Waals surface area contributed by atoms with E-state index in [1.54, 1.807) is 0 Å². The van der Waals surface area contributed by atoms with Crippen LogP contribution in [0.15, 0.2) is 0 Å². The molecule has 3 nitrogen and oxygen atoms in total. The molecule has 0 saturated carbocycles. The van der Waals surface area contributed by atoms with Crippen LogP contribution in [0, 0.1) is 14.3 Å². The lowest BCUT2D eigenvalue weighted by Crippen LogP contribution is -2.01. The van der Waals surface area contributed by atoms with Crippen LogP contribution in [0.4, 0.5) is 5.82 Å². The lowest BCUT2D eigenvalue weighted by Gasteiger charge is -1.99. The summed E-state index contributed by atoms with van der Waals surface area (Å²) in [7, 11) is 0. The zero-order chi connectivity index (χ0) is 7.72. The van der Waals surface area contributed by atoms with Crippen molar-refractivity contribution < 1.29 is 0 Å². The average molecular weight is 361 g/mol. The number of nitrogen functional groups attached to an aromatic ring is 1. The number of nitrogens with zero attached hydrogens (tertiary/aromatic N) is 2. The number of aromatic nitrogens is 2. The number of hydrogen-bond donors (Lipinski definition) is 1. The van der Waals surface area contributed by atoms with Gasteiger partial charge in [-0.25, -0.2) is 9.97 Å². The second-order valence-corrected chi connectivity index (χ2v) is 3.82. The molecule has 10 heavy (non-hydrogen) atoms. The Hall–Kier alpha value is 0.340.